The molecule has 0 aliphatic rings. The zero-order chi connectivity index (χ0) is 16.9. The summed E-state index contributed by atoms with van der Waals surface area (Å²) in [6.45, 7) is 6.56. The van der Waals surface area contributed by atoms with Crippen molar-refractivity contribution in [2.24, 2.45) is 0 Å². The lowest BCUT2D eigenvalue weighted by atomic mass is 10.1. The Balaban J connectivity index is 1.99. The number of aliphatic hydroxyl groups excluding tert-OH is 1. The first-order valence-electron chi connectivity index (χ1n) is 7.48. The number of ether oxygens (including phenoxy) is 1. The average molecular weight is 314 g/mol. The molecule has 2 aromatic heterocycles. The lowest BCUT2D eigenvalue weighted by molar-refractivity contribution is 0.0976. The van der Waals surface area contributed by atoms with Crippen LogP contribution in [0.1, 0.15) is 26.3 Å². The van der Waals surface area contributed by atoms with Gasteiger partial charge in [0.25, 0.3) is 0 Å². The summed E-state index contributed by atoms with van der Waals surface area (Å²) < 4.78 is 7.36. The van der Waals surface area contributed by atoms with Crippen LogP contribution in [0.25, 0.3) is 5.69 Å². The minimum absolute atomic E-state index is 0.0740. The van der Waals surface area contributed by atoms with Crippen LogP contribution < -0.4 is 10.1 Å². The fourth-order valence-electron chi connectivity index (χ4n) is 1.94. The van der Waals surface area contributed by atoms with Crippen LogP contribution in [0.2, 0.25) is 0 Å². The highest BCUT2D eigenvalue weighted by Gasteiger charge is 2.14. The van der Waals surface area contributed by atoms with E-state index in [0.29, 0.717) is 12.1 Å². The number of pyridine rings is 1. The third-order valence-electron chi connectivity index (χ3n) is 3.14. The van der Waals surface area contributed by atoms with Crippen molar-refractivity contribution in [3.8, 4) is 17.6 Å². The minimum Gasteiger partial charge on any atom is -0.474 e. The van der Waals surface area contributed by atoms with Gasteiger partial charge in [-0.05, 0) is 39.0 Å². The number of hydrogen-bond acceptors (Lipinski definition) is 5. The molecule has 1 atom stereocenters. The molecule has 0 bridgehead atoms. The number of nitriles is 1. The Kier molecular flexibility index (Phi) is 5.37. The Bertz CT molecular complexity index is 669. The van der Waals surface area contributed by atoms with E-state index in [-0.39, 0.29) is 18.0 Å². The smallest absolute Gasteiger partial charge is 0.231 e. The normalized spacial score (nSPS) is 12.7. The van der Waals surface area contributed by atoms with E-state index in [1.807, 2.05) is 49.9 Å². The molecule has 2 heterocycles. The van der Waals surface area contributed by atoms with Gasteiger partial charge in [-0.15, -0.1) is 0 Å². The van der Waals surface area contributed by atoms with Gasteiger partial charge >= 0.3 is 0 Å². The Hall–Kier alpha value is -2.36. The summed E-state index contributed by atoms with van der Waals surface area (Å²) in [5.41, 5.74) is 1.05. The molecular weight excluding hydrogens is 292 g/mol. The molecule has 2 N–H and O–H groups in total. The zero-order valence-corrected chi connectivity index (χ0v) is 13.7. The van der Waals surface area contributed by atoms with Crippen molar-refractivity contribution in [1.82, 2.24) is 14.9 Å². The van der Waals surface area contributed by atoms with Crippen molar-refractivity contribution in [3.05, 3.63) is 42.4 Å². The fraction of sp³-hybridized carbons (Fsp3) is 0.412. The standard InChI is InChI=1S/C17H22N4O2/c1-17(2,3)20-11-15(22)12-23-16-13(9-18)8-14(10-19-16)21-6-4-5-7-21/h4-8,10,15,20,22H,11-12H2,1-3H3. The molecule has 6 heteroatoms. The third-order valence-corrected chi connectivity index (χ3v) is 3.14. The quantitative estimate of drug-likeness (QED) is 0.850. The number of aromatic nitrogens is 2. The van der Waals surface area contributed by atoms with Gasteiger partial charge in [0.15, 0.2) is 0 Å². The van der Waals surface area contributed by atoms with Gasteiger partial charge in [-0.2, -0.15) is 5.26 Å². The van der Waals surface area contributed by atoms with Crippen LogP contribution in [0.4, 0.5) is 0 Å². The molecule has 0 saturated heterocycles. The van der Waals surface area contributed by atoms with Gasteiger partial charge in [0.2, 0.25) is 5.88 Å². The van der Waals surface area contributed by atoms with E-state index in [0.717, 1.165) is 5.69 Å². The highest BCUT2D eigenvalue weighted by molar-refractivity contribution is 5.45. The summed E-state index contributed by atoms with van der Waals surface area (Å²) in [5.74, 6) is 0.234. The SMILES string of the molecule is CC(C)(C)NCC(O)COc1ncc(-n2cccc2)cc1C#N. The number of rotatable bonds is 6. The van der Waals surface area contributed by atoms with Gasteiger partial charge in [0, 0.05) is 24.5 Å². The summed E-state index contributed by atoms with van der Waals surface area (Å²) in [6.07, 6.45) is 4.71. The van der Waals surface area contributed by atoms with Gasteiger partial charge in [-0.1, -0.05) is 0 Å². The number of aliphatic hydroxyl groups is 1. The lowest BCUT2D eigenvalue weighted by Crippen LogP contribution is -2.42. The van der Waals surface area contributed by atoms with Crippen LogP contribution in [0.3, 0.4) is 0 Å². The highest BCUT2D eigenvalue weighted by atomic mass is 16.5. The molecule has 23 heavy (non-hydrogen) atoms. The van der Waals surface area contributed by atoms with E-state index in [1.165, 1.54) is 0 Å². The predicted octanol–water partition coefficient (Wildman–Crippen LogP) is 1.87. The van der Waals surface area contributed by atoms with Gasteiger partial charge in [-0.3, -0.25) is 0 Å². The van der Waals surface area contributed by atoms with Crippen LogP contribution in [-0.4, -0.2) is 39.5 Å². The molecule has 0 radical (unpaired) electrons. The Morgan fingerprint density at radius 2 is 2.09 bits per heavy atom. The van der Waals surface area contributed by atoms with E-state index >= 15 is 0 Å². The summed E-state index contributed by atoms with van der Waals surface area (Å²) in [6, 6.07) is 7.59. The Morgan fingerprint density at radius 1 is 1.39 bits per heavy atom. The second-order valence-corrected chi connectivity index (χ2v) is 6.34. The molecule has 6 nitrogen and oxygen atoms in total. The molecule has 0 aliphatic carbocycles. The Morgan fingerprint density at radius 3 is 2.70 bits per heavy atom. The molecule has 0 amide bonds. The summed E-state index contributed by atoms with van der Waals surface area (Å²) >= 11 is 0. The van der Waals surface area contributed by atoms with Gasteiger partial charge in [0.1, 0.15) is 24.3 Å². The third kappa shape index (κ3) is 5.09. The van der Waals surface area contributed by atoms with Crippen molar-refractivity contribution in [3.63, 3.8) is 0 Å². The zero-order valence-electron chi connectivity index (χ0n) is 13.7. The first kappa shape index (κ1) is 17.0. The average Bonchev–Trinajstić information content (AvgIpc) is 3.04. The van der Waals surface area contributed by atoms with Crippen molar-refractivity contribution >= 4 is 0 Å². The lowest BCUT2D eigenvalue weighted by Gasteiger charge is -2.22. The summed E-state index contributed by atoms with van der Waals surface area (Å²) in [7, 11) is 0. The number of β-amino-alcohol motifs (C(OH)–C–C–N with tert-alkyl or cyclic N) is 1. The maximum Gasteiger partial charge on any atom is 0.231 e. The van der Waals surface area contributed by atoms with Crippen LogP contribution in [-0.2, 0) is 0 Å². The van der Waals surface area contributed by atoms with Gasteiger partial charge < -0.3 is 19.7 Å². The first-order chi connectivity index (χ1) is 10.9. The molecule has 2 aromatic rings. The van der Waals surface area contributed by atoms with E-state index in [4.69, 9.17) is 4.74 Å². The maximum absolute atomic E-state index is 9.94. The summed E-state index contributed by atoms with van der Waals surface area (Å²) in [5, 5.41) is 22.4. The second-order valence-electron chi connectivity index (χ2n) is 6.34. The van der Waals surface area contributed by atoms with Crippen LogP contribution in [0, 0.1) is 11.3 Å². The monoisotopic (exact) mass is 314 g/mol. The molecule has 0 saturated carbocycles. The highest BCUT2D eigenvalue weighted by Crippen LogP contribution is 2.18. The van der Waals surface area contributed by atoms with E-state index < -0.39 is 6.10 Å². The molecule has 122 valence electrons. The Labute approximate surface area is 136 Å². The van der Waals surface area contributed by atoms with Crippen LogP contribution in [0.5, 0.6) is 5.88 Å². The van der Waals surface area contributed by atoms with Crippen LogP contribution >= 0.6 is 0 Å². The van der Waals surface area contributed by atoms with Crippen molar-refractivity contribution in [1.29, 1.82) is 5.26 Å². The number of hydrogen-bond donors (Lipinski definition) is 2. The largest absolute Gasteiger partial charge is 0.474 e. The molecule has 0 spiro atoms. The van der Waals surface area contributed by atoms with Crippen molar-refractivity contribution in [2.45, 2.75) is 32.4 Å². The second kappa shape index (κ2) is 7.27. The van der Waals surface area contributed by atoms with Gasteiger partial charge in [-0.25, -0.2) is 4.98 Å². The molecule has 1 unspecified atom stereocenters. The number of nitrogens with one attached hydrogen (secondary N) is 1. The van der Waals surface area contributed by atoms with Gasteiger partial charge in [0.05, 0.1) is 11.9 Å². The molecule has 0 aromatic carbocycles. The fourth-order valence-corrected chi connectivity index (χ4v) is 1.94. The van der Waals surface area contributed by atoms with E-state index in [9.17, 15) is 10.4 Å². The molecule has 2 rings (SSSR count). The van der Waals surface area contributed by atoms with Crippen LogP contribution in [0.15, 0.2) is 36.8 Å². The predicted molar refractivity (Wildman–Crippen MR) is 87.5 cm³/mol. The number of nitrogens with zero attached hydrogens (tertiary/aromatic N) is 3. The van der Waals surface area contributed by atoms with Crippen molar-refractivity contribution in [2.75, 3.05) is 13.2 Å². The van der Waals surface area contributed by atoms with E-state index in [1.54, 1.807) is 12.3 Å². The molecule has 0 fully saturated rings. The molecule has 0 aliphatic heterocycles. The van der Waals surface area contributed by atoms with Crippen molar-refractivity contribution < 1.29 is 9.84 Å². The summed E-state index contributed by atoms with van der Waals surface area (Å²) in [4.78, 5) is 4.19. The topological polar surface area (TPSA) is 83.1 Å². The maximum atomic E-state index is 9.94. The molecular formula is C17H22N4O2. The van der Waals surface area contributed by atoms with E-state index in [2.05, 4.69) is 16.4 Å². The minimum atomic E-state index is -0.674. The first-order valence-corrected chi connectivity index (χ1v) is 7.48.